The fourth-order valence-corrected chi connectivity index (χ4v) is 2.48. The van der Waals surface area contributed by atoms with Gasteiger partial charge in [0.05, 0.1) is 5.69 Å². The van der Waals surface area contributed by atoms with Crippen LogP contribution < -0.4 is 5.73 Å². The lowest BCUT2D eigenvalue weighted by molar-refractivity contribution is 0.317. The number of nitrogens with two attached hydrogens (primary N) is 1. The van der Waals surface area contributed by atoms with E-state index in [0.717, 1.165) is 48.4 Å². The molecule has 3 heteroatoms. The molecule has 0 saturated heterocycles. The van der Waals surface area contributed by atoms with E-state index in [1.807, 2.05) is 13.1 Å². The van der Waals surface area contributed by atoms with Crippen LogP contribution in [0, 0.1) is 13.8 Å². The fraction of sp³-hybridized carbons (Fsp3) is 0.389. The van der Waals surface area contributed by atoms with Gasteiger partial charge in [-0.1, -0.05) is 30.3 Å². The summed E-state index contributed by atoms with van der Waals surface area (Å²) >= 11 is 0. The third-order valence-corrected chi connectivity index (χ3v) is 3.94. The molecule has 2 N–H and O–H groups in total. The van der Waals surface area contributed by atoms with Gasteiger partial charge in [-0.05, 0) is 57.0 Å². The Bertz CT molecular complexity index is 579. The quantitative estimate of drug-likeness (QED) is 0.884. The molecule has 112 valence electrons. The Hall–Kier alpha value is -1.87. The van der Waals surface area contributed by atoms with Gasteiger partial charge in [-0.25, -0.2) is 0 Å². The van der Waals surface area contributed by atoms with Crippen LogP contribution in [-0.2, 0) is 13.0 Å². The first-order chi connectivity index (χ1) is 10.1. The summed E-state index contributed by atoms with van der Waals surface area (Å²) in [5, 5.41) is 0. The molecule has 0 spiro atoms. The second-order valence-corrected chi connectivity index (χ2v) is 5.75. The van der Waals surface area contributed by atoms with E-state index < -0.39 is 0 Å². The molecule has 0 aliphatic carbocycles. The van der Waals surface area contributed by atoms with Crippen molar-refractivity contribution in [1.29, 1.82) is 0 Å². The van der Waals surface area contributed by atoms with E-state index in [9.17, 15) is 0 Å². The maximum Gasteiger partial charge on any atom is 0.0593 e. The lowest BCUT2D eigenvalue weighted by Crippen LogP contribution is -2.21. The van der Waals surface area contributed by atoms with Crippen molar-refractivity contribution < 1.29 is 0 Å². The number of nitrogens with zero attached hydrogens (tertiary/aromatic N) is 2. The van der Waals surface area contributed by atoms with Gasteiger partial charge in [-0.15, -0.1) is 0 Å². The SMILES string of the molecule is Cc1cnc(CN(C)CCCc2ccccc2)c(C)c1N. The van der Waals surface area contributed by atoms with E-state index in [1.54, 1.807) is 0 Å². The van der Waals surface area contributed by atoms with Gasteiger partial charge < -0.3 is 10.6 Å². The number of hydrogen-bond donors (Lipinski definition) is 1. The standard InChI is InChI=1S/C18H25N3/c1-14-12-20-17(15(2)18(14)19)13-21(3)11-7-10-16-8-5-4-6-9-16/h4-6,8-9,12H,7,10-11,13H2,1-3H3,(H2,19,20). The maximum atomic E-state index is 6.08. The van der Waals surface area contributed by atoms with Crippen LogP contribution in [-0.4, -0.2) is 23.5 Å². The highest BCUT2D eigenvalue weighted by Crippen LogP contribution is 2.18. The number of aryl methyl sites for hydroxylation is 2. The molecular weight excluding hydrogens is 258 g/mol. The monoisotopic (exact) mass is 283 g/mol. The van der Waals surface area contributed by atoms with Crippen molar-refractivity contribution in [3.8, 4) is 0 Å². The van der Waals surface area contributed by atoms with Crippen molar-refractivity contribution in [2.45, 2.75) is 33.2 Å². The van der Waals surface area contributed by atoms with Crippen molar-refractivity contribution in [2.24, 2.45) is 0 Å². The lowest BCUT2D eigenvalue weighted by atomic mass is 10.1. The Morgan fingerprint density at radius 2 is 1.86 bits per heavy atom. The molecule has 1 aromatic heterocycles. The summed E-state index contributed by atoms with van der Waals surface area (Å²) in [6.07, 6.45) is 4.14. The average molecular weight is 283 g/mol. The van der Waals surface area contributed by atoms with Gasteiger partial charge in [0, 0.05) is 18.4 Å². The predicted molar refractivity (Wildman–Crippen MR) is 89.2 cm³/mol. The van der Waals surface area contributed by atoms with E-state index in [4.69, 9.17) is 5.73 Å². The van der Waals surface area contributed by atoms with E-state index >= 15 is 0 Å². The summed E-state index contributed by atoms with van der Waals surface area (Å²) in [4.78, 5) is 6.84. The number of benzene rings is 1. The second kappa shape index (κ2) is 7.23. The maximum absolute atomic E-state index is 6.08. The van der Waals surface area contributed by atoms with Crippen LogP contribution in [0.15, 0.2) is 36.5 Å². The third kappa shape index (κ3) is 4.30. The van der Waals surface area contributed by atoms with E-state index in [2.05, 4.69) is 54.2 Å². The predicted octanol–water partition coefficient (Wildman–Crippen LogP) is 3.35. The molecule has 1 aromatic carbocycles. The minimum Gasteiger partial charge on any atom is -0.398 e. The zero-order chi connectivity index (χ0) is 15.2. The van der Waals surface area contributed by atoms with E-state index in [1.165, 1.54) is 5.56 Å². The summed E-state index contributed by atoms with van der Waals surface area (Å²) < 4.78 is 0. The summed E-state index contributed by atoms with van der Waals surface area (Å²) in [6.45, 7) is 5.97. The molecule has 21 heavy (non-hydrogen) atoms. The number of hydrogen-bond acceptors (Lipinski definition) is 3. The topological polar surface area (TPSA) is 42.2 Å². The highest BCUT2D eigenvalue weighted by atomic mass is 15.1. The Kier molecular flexibility index (Phi) is 5.34. The Morgan fingerprint density at radius 3 is 2.57 bits per heavy atom. The van der Waals surface area contributed by atoms with Crippen LogP contribution in [0.3, 0.4) is 0 Å². The first-order valence-electron chi connectivity index (χ1n) is 7.51. The Balaban J connectivity index is 1.85. The number of pyridine rings is 1. The third-order valence-electron chi connectivity index (χ3n) is 3.94. The van der Waals surface area contributed by atoms with Crippen LogP contribution in [0.25, 0.3) is 0 Å². The van der Waals surface area contributed by atoms with Gasteiger partial charge in [0.1, 0.15) is 0 Å². The summed E-state index contributed by atoms with van der Waals surface area (Å²) in [5.74, 6) is 0. The van der Waals surface area contributed by atoms with Crippen molar-refractivity contribution in [3.05, 3.63) is 58.9 Å². The highest BCUT2D eigenvalue weighted by Gasteiger charge is 2.08. The molecule has 0 radical (unpaired) electrons. The van der Waals surface area contributed by atoms with Crippen molar-refractivity contribution in [3.63, 3.8) is 0 Å². The largest absolute Gasteiger partial charge is 0.398 e. The summed E-state index contributed by atoms with van der Waals surface area (Å²) in [5.41, 5.74) is 11.6. The molecule has 0 atom stereocenters. The van der Waals surface area contributed by atoms with Gasteiger partial charge in [0.2, 0.25) is 0 Å². The molecular formula is C18H25N3. The lowest BCUT2D eigenvalue weighted by Gasteiger charge is -2.18. The molecule has 0 saturated carbocycles. The molecule has 0 aliphatic heterocycles. The van der Waals surface area contributed by atoms with Crippen LogP contribution >= 0.6 is 0 Å². The number of nitrogen functional groups attached to an aromatic ring is 1. The molecule has 0 bridgehead atoms. The molecule has 2 aromatic rings. The molecule has 3 nitrogen and oxygen atoms in total. The summed E-state index contributed by atoms with van der Waals surface area (Å²) in [6, 6.07) is 10.6. The summed E-state index contributed by atoms with van der Waals surface area (Å²) in [7, 11) is 2.14. The van der Waals surface area contributed by atoms with Crippen molar-refractivity contribution in [1.82, 2.24) is 9.88 Å². The van der Waals surface area contributed by atoms with Crippen LogP contribution in [0.5, 0.6) is 0 Å². The first kappa shape index (κ1) is 15.5. The minimum atomic E-state index is 0.852. The number of anilines is 1. The van der Waals surface area contributed by atoms with Gasteiger partial charge in [0.25, 0.3) is 0 Å². The number of rotatable bonds is 6. The van der Waals surface area contributed by atoms with Crippen molar-refractivity contribution in [2.75, 3.05) is 19.3 Å². The van der Waals surface area contributed by atoms with E-state index in [-0.39, 0.29) is 0 Å². The van der Waals surface area contributed by atoms with Crippen molar-refractivity contribution >= 4 is 5.69 Å². The molecule has 0 fully saturated rings. The Labute approximate surface area is 127 Å². The van der Waals surface area contributed by atoms with Crippen LogP contribution in [0.2, 0.25) is 0 Å². The van der Waals surface area contributed by atoms with E-state index in [0.29, 0.717) is 0 Å². The second-order valence-electron chi connectivity index (χ2n) is 5.75. The molecule has 0 unspecified atom stereocenters. The average Bonchev–Trinajstić information content (AvgIpc) is 2.49. The molecule has 0 amide bonds. The normalized spacial score (nSPS) is 11.0. The van der Waals surface area contributed by atoms with Gasteiger partial charge in [0.15, 0.2) is 0 Å². The highest BCUT2D eigenvalue weighted by molar-refractivity contribution is 5.53. The smallest absolute Gasteiger partial charge is 0.0593 e. The molecule has 0 aliphatic rings. The molecule has 1 heterocycles. The van der Waals surface area contributed by atoms with Crippen LogP contribution in [0.1, 0.15) is 28.8 Å². The zero-order valence-electron chi connectivity index (χ0n) is 13.3. The zero-order valence-corrected chi connectivity index (χ0v) is 13.3. The van der Waals surface area contributed by atoms with Gasteiger partial charge >= 0.3 is 0 Å². The fourth-order valence-electron chi connectivity index (χ4n) is 2.48. The number of aromatic nitrogens is 1. The minimum absolute atomic E-state index is 0.852. The van der Waals surface area contributed by atoms with Crippen LogP contribution in [0.4, 0.5) is 5.69 Å². The Morgan fingerprint density at radius 1 is 1.14 bits per heavy atom. The van der Waals surface area contributed by atoms with Gasteiger partial charge in [-0.2, -0.15) is 0 Å². The first-order valence-corrected chi connectivity index (χ1v) is 7.51. The molecule has 2 rings (SSSR count). The van der Waals surface area contributed by atoms with Gasteiger partial charge in [-0.3, -0.25) is 4.98 Å².